The quantitative estimate of drug-likeness (QED) is 0.860. The highest BCUT2D eigenvalue weighted by atomic mass is 16.1. The van der Waals surface area contributed by atoms with Crippen molar-refractivity contribution in [1.29, 1.82) is 5.26 Å². The number of nitrogens with zero attached hydrogens (tertiary/aromatic N) is 4. The number of pyridine rings is 1. The predicted molar refractivity (Wildman–Crippen MR) is 92.7 cm³/mol. The summed E-state index contributed by atoms with van der Waals surface area (Å²) in [5, 5.41) is 14.0. The number of Topliss-reactive ketones (excluding diaryl/α,β-unsaturated/α-hetero) is 1. The third kappa shape index (κ3) is 2.03. The van der Waals surface area contributed by atoms with Crippen LogP contribution in [0.25, 0.3) is 16.7 Å². The summed E-state index contributed by atoms with van der Waals surface area (Å²) < 4.78 is 1.90. The summed E-state index contributed by atoms with van der Waals surface area (Å²) in [7, 11) is 0. The minimum atomic E-state index is -0.00451. The Morgan fingerprint density at radius 1 is 1.32 bits per heavy atom. The fourth-order valence-electron chi connectivity index (χ4n) is 4.66. The number of rotatable bonds is 3. The van der Waals surface area contributed by atoms with E-state index in [0.29, 0.717) is 24.5 Å². The monoisotopic (exact) mass is 330 g/mol. The lowest BCUT2D eigenvalue weighted by Crippen LogP contribution is -2.18. The van der Waals surface area contributed by atoms with E-state index in [0.717, 1.165) is 40.8 Å². The molecule has 124 valence electrons. The Bertz CT molecular complexity index is 957. The fourth-order valence-corrected chi connectivity index (χ4v) is 4.66. The number of hydrogen-bond donors (Lipinski definition) is 0. The van der Waals surface area contributed by atoms with Crippen LogP contribution >= 0.6 is 0 Å². The van der Waals surface area contributed by atoms with Crippen molar-refractivity contribution in [2.24, 2.45) is 5.92 Å². The van der Waals surface area contributed by atoms with Crippen molar-refractivity contribution in [3.05, 3.63) is 41.5 Å². The Morgan fingerprint density at radius 2 is 2.16 bits per heavy atom. The van der Waals surface area contributed by atoms with Crippen molar-refractivity contribution in [2.45, 2.75) is 44.6 Å². The van der Waals surface area contributed by atoms with Crippen molar-refractivity contribution in [3.8, 4) is 17.2 Å². The van der Waals surface area contributed by atoms with Crippen molar-refractivity contribution in [2.75, 3.05) is 0 Å². The number of hydrogen-bond acceptors (Lipinski definition) is 4. The Kier molecular flexibility index (Phi) is 3.14. The van der Waals surface area contributed by atoms with E-state index < -0.39 is 0 Å². The lowest BCUT2D eigenvalue weighted by atomic mass is 9.87. The average Bonchev–Trinajstić information content (AvgIpc) is 3.37. The van der Waals surface area contributed by atoms with Gasteiger partial charge in [0.25, 0.3) is 0 Å². The normalized spacial score (nSPS) is 19.3. The zero-order valence-corrected chi connectivity index (χ0v) is 13.9. The lowest BCUT2D eigenvalue weighted by molar-refractivity contribution is 0.105. The minimum absolute atomic E-state index is 0.00451. The highest BCUT2D eigenvalue weighted by Gasteiger charge is 2.36. The van der Waals surface area contributed by atoms with Gasteiger partial charge in [0.1, 0.15) is 5.69 Å². The molecule has 0 amide bonds. The number of nitriles is 1. The number of carbonyl (C=O) groups excluding carboxylic acids is 1. The Labute approximate surface area is 146 Å². The molecule has 1 unspecified atom stereocenters. The van der Waals surface area contributed by atoms with Gasteiger partial charge in [0, 0.05) is 35.5 Å². The van der Waals surface area contributed by atoms with Gasteiger partial charge in [-0.15, -0.1) is 0 Å². The molecule has 0 aliphatic heterocycles. The van der Waals surface area contributed by atoms with Gasteiger partial charge in [-0.3, -0.25) is 14.5 Å². The SMILES string of the molecule is N#CCC(C1CCCC1)n1cc2c(n1)C(=O)C1=CCc3nccc-2c31. The molecule has 0 saturated heterocycles. The molecule has 2 heterocycles. The van der Waals surface area contributed by atoms with Crippen LogP contribution < -0.4 is 0 Å². The topological polar surface area (TPSA) is 71.6 Å². The van der Waals surface area contributed by atoms with Crippen LogP contribution in [-0.2, 0) is 6.42 Å². The molecule has 2 aromatic heterocycles. The second-order valence-corrected chi connectivity index (χ2v) is 7.18. The molecule has 5 nitrogen and oxygen atoms in total. The van der Waals surface area contributed by atoms with Crippen LogP contribution in [0.1, 0.15) is 59.9 Å². The number of ketones is 1. The lowest BCUT2D eigenvalue weighted by Gasteiger charge is -2.21. The molecule has 25 heavy (non-hydrogen) atoms. The molecule has 1 atom stereocenters. The molecule has 3 aliphatic carbocycles. The van der Waals surface area contributed by atoms with Crippen molar-refractivity contribution in [3.63, 3.8) is 0 Å². The maximum absolute atomic E-state index is 12.9. The van der Waals surface area contributed by atoms with Crippen LogP contribution in [0.3, 0.4) is 0 Å². The van der Waals surface area contributed by atoms with Gasteiger partial charge in [0.15, 0.2) is 0 Å². The molecule has 1 fully saturated rings. The first-order valence-electron chi connectivity index (χ1n) is 8.97. The van der Waals surface area contributed by atoms with Gasteiger partial charge in [-0.25, -0.2) is 0 Å². The number of allylic oxidation sites excluding steroid dienone is 2. The molecule has 0 N–H and O–H groups in total. The highest BCUT2D eigenvalue weighted by Crippen LogP contribution is 2.44. The molecule has 5 heteroatoms. The largest absolute Gasteiger partial charge is 0.287 e. The van der Waals surface area contributed by atoms with Gasteiger partial charge in [0.05, 0.1) is 24.2 Å². The van der Waals surface area contributed by atoms with Crippen molar-refractivity contribution < 1.29 is 4.79 Å². The van der Waals surface area contributed by atoms with Crippen LogP contribution in [0.5, 0.6) is 0 Å². The standard InChI is InChI=1S/C20H18N4O/c21-9-7-17(12-3-1-2-4-12)24-11-15-13-8-10-22-16-6-5-14(18(13)16)20(25)19(15)23-24/h5,8,10-12,17H,1-4,6-7H2. The molecule has 0 aromatic carbocycles. The molecule has 0 radical (unpaired) electrons. The average molecular weight is 330 g/mol. The molecule has 5 rings (SSSR count). The van der Waals surface area contributed by atoms with Crippen LogP contribution in [-0.4, -0.2) is 20.5 Å². The number of fused-ring (bicyclic) bond motifs is 2. The third-order valence-corrected chi connectivity index (χ3v) is 5.86. The van der Waals surface area contributed by atoms with E-state index in [1.807, 2.05) is 29.2 Å². The number of aromatic nitrogens is 3. The number of carbonyl (C=O) groups is 1. The zero-order valence-electron chi connectivity index (χ0n) is 13.9. The van der Waals surface area contributed by atoms with E-state index >= 15 is 0 Å². The van der Waals surface area contributed by atoms with Gasteiger partial charge in [0.2, 0.25) is 5.78 Å². The molecule has 3 aliphatic rings. The second-order valence-electron chi connectivity index (χ2n) is 7.18. The third-order valence-electron chi connectivity index (χ3n) is 5.86. The minimum Gasteiger partial charge on any atom is -0.287 e. The predicted octanol–water partition coefficient (Wildman–Crippen LogP) is 3.73. The summed E-state index contributed by atoms with van der Waals surface area (Å²) >= 11 is 0. The smallest absolute Gasteiger partial charge is 0.214 e. The fraction of sp³-hybridized carbons (Fsp3) is 0.400. The molecular formula is C20H18N4O. The maximum atomic E-state index is 12.9. The van der Waals surface area contributed by atoms with E-state index in [1.165, 1.54) is 12.8 Å². The van der Waals surface area contributed by atoms with E-state index in [2.05, 4.69) is 16.2 Å². The van der Waals surface area contributed by atoms with Crippen LogP contribution in [0, 0.1) is 17.2 Å². The van der Waals surface area contributed by atoms with Gasteiger partial charge < -0.3 is 0 Å². The molecule has 0 bridgehead atoms. The Balaban J connectivity index is 1.65. The maximum Gasteiger partial charge on any atom is 0.214 e. The zero-order chi connectivity index (χ0) is 17.0. The molecule has 0 spiro atoms. The van der Waals surface area contributed by atoms with Gasteiger partial charge in [-0.1, -0.05) is 18.9 Å². The highest BCUT2D eigenvalue weighted by molar-refractivity contribution is 6.34. The van der Waals surface area contributed by atoms with Crippen LogP contribution in [0.4, 0.5) is 0 Å². The summed E-state index contributed by atoms with van der Waals surface area (Å²) in [4.78, 5) is 17.3. The summed E-state index contributed by atoms with van der Waals surface area (Å²) in [5.41, 5.74) is 5.17. The van der Waals surface area contributed by atoms with E-state index in [9.17, 15) is 10.1 Å². The summed E-state index contributed by atoms with van der Waals surface area (Å²) in [6.07, 6.45) is 11.6. The first-order chi connectivity index (χ1) is 12.3. The second kappa shape index (κ2) is 5.38. The van der Waals surface area contributed by atoms with Crippen molar-refractivity contribution >= 4 is 11.4 Å². The van der Waals surface area contributed by atoms with Crippen LogP contribution in [0.2, 0.25) is 0 Å². The summed E-state index contributed by atoms with van der Waals surface area (Å²) in [6.45, 7) is 0. The molecule has 1 saturated carbocycles. The van der Waals surface area contributed by atoms with Gasteiger partial charge in [-0.05, 0) is 30.4 Å². The summed E-state index contributed by atoms with van der Waals surface area (Å²) in [6, 6.07) is 4.35. The van der Waals surface area contributed by atoms with E-state index in [-0.39, 0.29) is 11.8 Å². The summed E-state index contributed by atoms with van der Waals surface area (Å²) in [5.74, 6) is 0.474. The Hall–Kier alpha value is -2.74. The van der Waals surface area contributed by atoms with Gasteiger partial charge in [-0.2, -0.15) is 10.4 Å². The van der Waals surface area contributed by atoms with E-state index in [1.54, 1.807) is 0 Å². The Morgan fingerprint density at radius 3 is 2.96 bits per heavy atom. The van der Waals surface area contributed by atoms with Crippen molar-refractivity contribution in [1.82, 2.24) is 14.8 Å². The molecule has 2 aromatic rings. The molecular weight excluding hydrogens is 312 g/mol. The van der Waals surface area contributed by atoms with E-state index in [4.69, 9.17) is 0 Å². The first kappa shape index (κ1) is 14.6. The van der Waals surface area contributed by atoms with Crippen LogP contribution in [0.15, 0.2) is 24.5 Å². The van der Waals surface area contributed by atoms with Gasteiger partial charge >= 0.3 is 0 Å². The first-order valence-corrected chi connectivity index (χ1v) is 8.97.